The van der Waals surface area contributed by atoms with Crippen molar-refractivity contribution >= 4 is 23.1 Å². The van der Waals surface area contributed by atoms with E-state index in [1.807, 2.05) is 6.92 Å². The molecule has 2 rings (SSSR count). The van der Waals surface area contributed by atoms with E-state index in [1.165, 1.54) is 19.3 Å². The monoisotopic (exact) mass is 305 g/mol. The van der Waals surface area contributed by atoms with Crippen LogP contribution in [0, 0.1) is 6.92 Å². The second-order valence-electron chi connectivity index (χ2n) is 5.80. The lowest BCUT2D eigenvalue weighted by Crippen LogP contribution is -2.57. The van der Waals surface area contributed by atoms with Crippen LogP contribution in [0.3, 0.4) is 0 Å². The first kappa shape index (κ1) is 15.9. The molecule has 1 aliphatic carbocycles. The highest BCUT2D eigenvalue weighted by Gasteiger charge is 2.35. The number of carbonyl (C=O) groups excluding carboxylic acids is 1. The molecule has 4 nitrogen and oxygen atoms in total. The topological polar surface area (TPSA) is 68.0 Å². The van der Waals surface area contributed by atoms with Crippen LogP contribution in [-0.4, -0.2) is 21.4 Å². The molecule has 1 fully saturated rings. The number of pyridine rings is 1. The van der Waals surface area contributed by atoms with Gasteiger partial charge in [-0.1, -0.05) is 44.3 Å². The highest BCUT2D eigenvalue weighted by molar-refractivity contribution is 7.80. The Labute approximate surface area is 131 Å². The zero-order chi connectivity index (χ0) is 15.3. The number of thiocarbonyl (C=S) groups is 1. The third-order valence-corrected chi connectivity index (χ3v) is 4.67. The molecule has 0 aromatic carbocycles. The normalized spacial score (nSPS) is 18.3. The molecule has 1 saturated carbocycles. The number of aromatic nitrogens is 1. The van der Waals surface area contributed by atoms with Crippen molar-refractivity contribution in [1.29, 1.82) is 0 Å². The van der Waals surface area contributed by atoms with Crippen molar-refractivity contribution in [2.45, 2.75) is 57.4 Å². The smallest absolute Gasteiger partial charge is 0.253 e. The van der Waals surface area contributed by atoms with Crippen LogP contribution in [0.25, 0.3) is 0 Å². The van der Waals surface area contributed by atoms with Crippen molar-refractivity contribution in [1.82, 2.24) is 10.3 Å². The van der Waals surface area contributed by atoms with Gasteiger partial charge in [0.1, 0.15) is 0 Å². The maximum atomic E-state index is 12.6. The van der Waals surface area contributed by atoms with E-state index in [-0.39, 0.29) is 5.91 Å². The van der Waals surface area contributed by atoms with E-state index >= 15 is 0 Å². The molecule has 0 aliphatic heterocycles. The largest absolute Gasteiger partial charge is 0.391 e. The van der Waals surface area contributed by atoms with Crippen molar-refractivity contribution in [3.8, 4) is 0 Å². The number of carbonyl (C=O) groups is 1. The predicted octanol–water partition coefficient (Wildman–Crippen LogP) is 2.89. The lowest BCUT2D eigenvalue weighted by atomic mass is 9.83. The Kier molecular flexibility index (Phi) is 5.28. The van der Waals surface area contributed by atoms with E-state index in [9.17, 15) is 4.79 Å². The standard InChI is InChI=1S/C16H23N3OS/c1-12-13(8-7-11-18-12)14(20)19-16(15(17)21)9-5-3-2-4-6-10-16/h7-8,11H,2-6,9-10H2,1H3,(H2,17,21)(H,19,20). The highest BCUT2D eigenvalue weighted by Crippen LogP contribution is 2.27. The van der Waals surface area contributed by atoms with Crippen molar-refractivity contribution in [3.05, 3.63) is 29.6 Å². The van der Waals surface area contributed by atoms with Crippen LogP contribution in [0.1, 0.15) is 61.0 Å². The van der Waals surface area contributed by atoms with Crippen LogP contribution in [0.5, 0.6) is 0 Å². The second kappa shape index (κ2) is 6.98. The van der Waals surface area contributed by atoms with Gasteiger partial charge in [0.25, 0.3) is 5.91 Å². The summed E-state index contributed by atoms with van der Waals surface area (Å²) in [6, 6.07) is 3.56. The molecule has 21 heavy (non-hydrogen) atoms. The molecular formula is C16H23N3OS. The molecule has 0 atom stereocenters. The number of hydrogen-bond acceptors (Lipinski definition) is 3. The second-order valence-corrected chi connectivity index (χ2v) is 6.24. The van der Waals surface area contributed by atoms with Crippen molar-refractivity contribution < 1.29 is 4.79 Å². The summed E-state index contributed by atoms with van der Waals surface area (Å²) < 4.78 is 0. The van der Waals surface area contributed by atoms with E-state index in [4.69, 9.17) is 18.0 Å². The molecule has 0 unspecified atom stereocenters. The van der Waals surface area contributed by atoms with E-state index in [1.54, 1.807) is 18.3 Å². The molecule has 0 radical (unpaired) electrons. The number of nitrogens with zero attached hydrogens (tertiary/aromatic N) is 1. The first-order valence-electron chi connectivity index (χ1n) is 7.59. The number of rotatable bonds is 3. The number of nitrogens with one attached hydrogen (secondary N) is 1. The average molecular weight is 305 g/mol. The highest BCUT2D eigenvalue weighted by atomic mass is 32.1. The van der Waals surface area contributed by atoms with Crippen LogP contribution in [0.15, 0.2) is 18.3 Å². The Bertz CT molecular complexity index is 522. The predicted molar refractivity (Wildman–Crippen MR) is 88.3 cm³/mol. The molecule has 114 valence electrons. The van der Waals surface area contributed by atoms with Crippen molar-refractivity contribution in [2.75, 3.05) is 0 Å². The molecular weight excluding hydrogens is 282 g/mol. The fourth-order valence-corrected chi connectivity index (χ4v) is 3.21. The molecule has 1 aromatic rings. The van der Waals surface area contributed by atoms with Crippen LogP contribution >= 0.6 is 12.2 Å². The van der Waals surface area contributed by atoms with Gasteiger partial charge in [-0.05, 0) is 31.9 Å². The van der Waals surface area contributed by atoms with E-state index in [2.05, 4.69) is 10.3 Å². The zero-order valence-electron chi connectivity index (χ0n) is 12.5. The molecule has 0 bridgehead atoms. The Hall–Kier alpha value is -1.49. The maximum absolute atomic E-state index is 12.6. The van der Waals surface area contributed by atoms with Gasteiger partial charge in [-0.25, -0.2) is 0 Å². The van der Waals surface area contributed by atoms with Crippen LogP contribution in [0.4, 0.5) is 0 Å². The minimum Gasteiger partial charge on any atom is -0.391 e. The molecule has 3 N–H and O–H groups in total. The molecule has 5 heteroatoms. The van der Waals surface area contributed by atoms with Gasteiger partial charge in [0.2, 0.25) is 0 Å². The first-order valence-corrected chi connectivity index (χ1v) is 8.00. The lowest BCUT2D eigenvalue weighted by Gasteiger charge is -2.35. The van der Waals surface area contributed by atoms with Crippen LogP contribution < -0.4 is 11.1 Å². The summed E-state index contributed by atoms with van der Waals surface area (Å²) >= 11 is 5.28. The van der Waals surface area contributed by atoms with Crippen molar-refractivity contribution in [3.63, 3.8) is 0 Å². The van der Waals surface area contributed by atoms with Gasteiger partial charge >= 0.3 is 0 Å². The summed E-state index contributed by atoms with van der Waals surface area (Å²) in [6.07, 6.45) is 9.03. The van der Waals surface area contributed by atoms with Gasteiger partial charge in [0, 0.05) is 11.9 Å². The van der Waals surface area contributed by atoms with Gasteiger partial charge in [0.15, 0.2) is 0 Å². The fourth-order valence-electron chi connectivity index (χ4n) is 2.95. The summed E-state index contributed by atoms with van der Waals surface area (Å²) in [5.41, 5.74) is 6.76. The number of nitrogens with two attached hydrogens (primary N) is 1. The van der Waals surface area contributed by atoms with E-state index in [0.717, 1.165) is 31.4 Å². The third-order valence-electron chi connectivity index (χ3n) is 4.28. The molecule has 0 spiro atoms. The van der Waals surface area contributed by atoms with Gasteiger partial charge in [-0.2, -0.15) is 0 Å². The lowest BCUT2D eigenvalue weighted by molar-refractivity contribution is 0.0912. The maximum Gasteiger partial charge on any atom is 0.253 e. The molecule has 1 amide bonds. The summed E-state index contributed by atoms with van der Waals surface area (Å²) in [4.78, 5) is 17.1. The number of amides is 1. The summed E-state index contributed by atoms with van der Waals surface area (Å²) in [5, 5.41) is 3.11. The summed E-state index contributed by atoms with van der Waals surface area (Å²) in [7, 11) is 0. The minimum absolute atomic E-state index is 0.131. The Morgan fingerprint density at radius 1 is 1.29 bits per heavy atom. The third kappa shape index (κ3) is 3.79. The van der Waals surface area contributed by atoms with E-state index in [0.29, 0.717) is 10.6 Å². The van der Waals surface area contributed by atoms with E-state index < -0.39 is 5.54 Å². The Balaban J connectivity index is 2.21. The van der Waals surface area contributed by atoms with Crippen LogP contribution in [-0.2, 0) is 0 Å². The average Bonchev–Trinajstić information content (AvgIpc) is 2.42. The first-order chi connectivity index (χ1) is 10.1. The number of aryl methyl sites for hydroxylation is 1. The quantitative estimate of drug-likeness (QED) is 0.843. The summed E-state index contributed by atoms with van der Waals surface area (Å²) in [6.45, 7) is 1.83. The summed E-state index contributed by atoms with van der Waals surface area (Å²) in [5.74, 6) is -0.131. The molecule has 1 heterocycles. The van der Waals surface area contributed by atoms with Gasteiger partial charge in [-0.15, -0.1) is 0 Å². The number of hydrogen-bond donors (Lipinski definition) is 2. The van der Waals surface area contributed by atoms with Gasteiger partial charge in [0.05, 0.1) is 16.1 Å². The van der Waals surface area contributed by atoms with Crippen molar-refractivity contribution in [2.24, 2.45) is 5.73 Å². The SMILES string of the molecule is Cc1ncccc1C(=O)NC1(C(N)=S)CCCCCCC1. The zero-order valence-corrected chi connectivity index (χ0v) is 13.3. The van der Waals surface area contributed by atoms with Crippen LogP contribution in [0.2, 0.25) is 0 Å². The molecule has 1 aliphatic rings. The fraction of sp³-hybridized carbons (Fsp3) is 0.562. The molecule has 0 saturated heterocycles. The Morgan fingerprint density at radius 2 is 1.90 bits per heavy atom. The minimum atomic E-state index is -0.547. The molecule has 1 aromatic heterocycles. The van der Waals surface area contributed by atoms with Gasteiger partial charge in [-0.3, -0.25) is 9.78 Å². The Morgan fingerprint density at radius 3 is 2.48 bits per heavy atom. The van der Waals surface area contributed by atoms with Gasteiger partial charge < -0.3 is 11.1 Å².